The summed E-state index contributed by atoms with van der Waals surface area (Å²) in [5.41, 5.74) is -2.91. The fourth-order valence-corrected chi connectivity index (χ4v) is 5.28. The summed E-state index contributed by atoms with van der Waals surface area (Å²) >= 11 is 0. The van der Waals surface area contributed by atoms with Gasteiger partial charge in [-0.05, 0) is 32.0 Å². The molecule has 1 aromatic carbocycles. The molecule has 0 radical (unpaired) electrons. The molecule has 4 rings (SSSR count). The summed E-state index contributed by atoms with van der Waals surface area (Å²) < 4.78 is 89.2. The molecule has 42 heavy (non-hydrogen) atoms. The van der Waals surface area contributed by atoms with Gasteiger partial charge in [-0.2, -0.15) is 17.6 Å². The zero-order valence-corrected chi connectivity index (χ0v) is 23.6. The van der Waals surface area contributed by atoms with Crippen molar-refractivity contribution in [3.05, 3.63) is 53.4 Å². The monoisotopic (exact) mass is 600 g/mol. The first-order valence-electron chi connectivity index (χ1n) is 13.4. The van der Waals surface area contributed by atoms with Gasteiger partial charge < -0.3 is 24.8 Å². The standard InChI is InChI=1S/C28H33F5N4O5/c1-15(37-9-11-40-12-10-37)14-41-23-18(5-6-19(29)22(23)30)21-16(2)27(3,28(31,32)33)42-24(21)26(39)36-17-7-8-35-20(13-17)25(38)34-4/h5-8,13,15-16,21,24H,9-12,14H2,1-4H3,(H,34,38)(H,35,36,39)/t15-,16-,21-,24+,27+/m0/s1. The first-order chi connectivity index (χ1) is 19.8. The third kappa shape index (κ3) is 6.20. The van der Waals surface area contributed by atoms with E-state index in [1.807, 2.05) is 11.8 Å². The molecule has 1 aromatic heterocycles. The minimum atomic E-state index is -4.91. The van der Waals surface area contributed by atoms with Gasteiger partial charge in [-0.1, -0.05) is 13.0 Å². The van der Waals surface area contributed by atoms with Gasteiger partial charge in [0.2, 0.25) is 5.82 Å². The molecule has 0 bridgehead atoms. The number of benzene rings is 1. The molecule has 0 unspecified atom stereocenters. The van der Waals surface area contributed by atoms with Gasteiger partial charge in [0.15, 0.2) is 17.2 Å². The van der Waals surface area contributed by atoms with Crippen LogP contribution in [0.25, 0.3) is 0 Å². The number of carbonyl (C=O) groups is 2. The van der Waals surface area contributed by atoms with E-state index < -0.39 is 58.9 Å². The number of morpholine rings is 1. The number of carbonyl (C=O) groups excluding carboxylic acids is 2. The lowest BCUT2D eigenvalue weighted by atomic mass is 9.77. The maximum atomic E-state index is 15.2. The van der Waals surface area contributed by atoms with E-state index >= 15 is 4.39 Å². The average Bonchev–Trinajstić information content (AvgIpc) is 3.25. The number of aromatic nitrogens is 1. The molecule has 0 aliphatic carbocycles. The molecule has 2 saturated heterocycles. The van der Waals surface area contributed by atoms with Gasteiger partial charge >= 0.3 is 6.18 Å². The van der Waals surface area contributed by atoms with Gasteiger partial charge in [-0.3, -0.25) is 19.5 Å². The third-order valence-electron chi connectivity index (χ3n) is 7.99. The second-order valence-electron chi connectivity index (χ2n) is 10.5. The lowest BCUT2D eigenvalue weighted by Gasteiger charge is -2.33. The second kappa shape index (κ2) is 12.5. The Balaban J connectivity index is 1.70. The maximum Gasteiger partial charge on any atom is 0.417 e. The van der Waals surface area contributed by atoms with Crippen LogP contribution >= 0.6 is 0 Å². The quantitative estimate of drug-likeness (QED) is 0.444. The Hall–Kier alpha value is -3.36. The normalized spacial score (nSPS) is 25.6. The van der Waals surface area contributed by atoms with E-state index in [-0.39, 0.29) is 29.6 Å². The molecule has 2 aromatic rings. The molecule has 2 fully saturated rings. The molecule has 9 nitrogen and oxygen atoms in total. The highest BCUT2D eigenvalue weighted by atomic mass is 19.4. The topological polar surface area (TPSA) is 102 Å². The van der Waals surface area contributed by atoms with Crippen LogP contribution in [0.2, 0.25) is 0 Å². The first-order valence-corrected chi connectivity index (χ1v) is 13.4. The molecule has 2 aliphatic rings. The number of hydrogen-bond acceptors (Lipinski definition) is 7. The molecule has 230 valence electrons. The minimum Gasteiger partial charge on any atom is -0.488 e. The smallest absolute Gasteiger partial charge is 0.417 e. The van der Waals surface area contributed by atoms with Crippen LogP contribution in [0.1, 0.15) is 42.7 Å². The van der Waals surface area contributed by atoms with Crippen molar-refractivity contribution in [1.29, 1.82) is 0 Å². The Morgan fingerprint density at radius 2 is 1.90 bits per heavy atom. The molecular formula is C28H33F5N4O5. The van der Waals surface area contributed by atoms with Crippen molar-refractivity contribution >= 4 is 17.5 Å². The van der Waals surface area contributed by atoms with E-state index in [2.05, 4.69) is 15.6 Å². The third-order valence-corrected chi connectivity index (χ3v) is 7.99. The van der Waals surface area contributed by atoms with Crippen molar-refractivity contribution in [3.63, 3.8) is 0 Å². The van der Waals surface area contributed by atoms with Crippen molar-refractivity contribution in [2.45, 2.75) is 50.6 Å². The molecule has 5 atom stereocenters. The Morgan fingerprint density at radius 1 is 1.21 bits per heavy atom. The summed E-state index contributed by atoms with van der Waals surface area (Å²) in [6.07, 6.45) is -5.45. The van der Waals surface area contributed by atoms with Crippen LogP contribution in [-0.4, -0.2) is 85.6 Å². The van der Waals surface area contributed by atoms with E-state index in [9.17, 15) is 27.2 Å². The van der Waals surface area contributed by atoms with E-state index in [0.29, 0.717) is 26.3 Å². The zero-order chi connectivity index (χ0) is 30.8. The predicted octanol–water partition coefficient (Wildman–Crippen LogP) is 3.90. The van der Waals surface area contributed by atoms with Crippen LogP contribution in [0.4, 0.5) is 27.6 Å². The van der Waals surface area contributed by atoms with Gasteiger partial charge in [0.25, 0.3) is 11.8 Å². The Morgan fingerprint density at radius 3 is 2.55 bits per heavy atom. The molecule has 0 saturated carbocycles. The number of ether oxygens (including phenoxy) is 3. The molecular weight excluding hydrogens is 567 g/mol. The van der Waals surface area contributed by atoms with Crippen molar-refractivity contribution in [1.82, 2.24) is 15.2 Å². The van der Waals surface area contributed by atoms with Crippen LogP contribution < -0.4 is 15.4 Å². The maximum absolute atomic E-state index is 15.2. The summed E-state index contributed by atoms with van der Waals surface area (Å²) in [5, 5.41) is 4.86. The summed E-state index contributed by atoms with van der Waals surface area (Å²) in [6.45, 7) is 5.96. The summed E-state index contributed by atoms with van der Waals surface area (Å²) in [7, 11) is 1.38. The highest BCUT2D eigenvalue weighted by molar-refractivity contribution is 5.97. The largest absolute Gasteiger partial charge is 0.488 e. The fraction of sp³-hybridized carbons (Fsp3) is 0.536. The number of pyridine rings is 1. The van der Waals surface area contributed by atoms with Crippen LogP contribution in [-0.2, 0) is 14.3 Å². The number of nitrogens with zero attached hydrogens (tertiary/aromatic N) is 2. The molecule has 0 spiro atoms. The Labute approximate surface area is 239 Å². The SMILES string of the molecule is CNC(=O)c1cc(NC(=O)[C@@H]2O[C@@](C)(C(F)(F)F)[C@@H](C)[C@H]2c2ccc(F)c(F)c2OC[C@H](C)N2CCOCC2)ccn1. The summed E-state index contributed by atoms with van der Waals surface area (Å²) in [4.78, 5) is 31.4. The fourth-order valence-electron chi connectivity index (χ4n) is 5.28. The molecule has 2 N–H and O–H groups in total. The number of anilines is 1. The van der Waals surface area contributed by atoms with Gasteiger partial charge in [0, 0.05) is 55.5 Å². The van der Waals surface area contributed by atoms with E-state index in [1.54, 1.807) is 0 Å². The van der Waals surface area contributed by atoms with E-state index in [1.165, 1.54) is 32.3 Å². The lowest BCUT2D eigenvalue weighted by Crippen LogP contribution is -2.47. The number of hydrogen-bond donors (Lipinski definition) is 2. The number of amides is 2. The molecule has 3 heterocycles. The van der Waals surface area contributed by atoms with Gasteiger partial charge in [0.1, 0.15) is 18.4 Å². The number of nitrogens with one attached hydrogen (secondary N) is 2. The Bertz CT molecular complexity index is 1310. The number of halogens is 5. The van der Waals surface area contributed by atoms with Gasteiger partial charge in [-0.15, -0.1) is 0 Å². The molecule has 2 aliphatic heterocycles. The van der Waals surface area contributed by atoms with Crippen molar-refractivity contribution in [3.8, 4) is 5.75 Å². The summed E-state index contributed by atoms with van der Waals surface area (Å²) in [6, 6.07) is 4.25. The van der Waals surface area contributed by atoms with Crippen LogP contribution in [0, 0.1) is 17.6 Å². The summed E-state index contributed by atoms with van der Waals surface area (Å²) in [5.74, 6) is -7.54. The number of rotatable bonds is 8. The molecule has 2 amide bonds. The van der Waals surface area contributed by atoms with Crippen molar-refractivity contribution in [2.24, 2.45) is 5.92 Å². The van der Waals surface area contributed by atoms with E-state index in [0.717, 1.165) is 19.1 Å². The van der Waals surface area contributed by atoms with E-state index in [4.69, 9.17) is 14.2 Å². The highest BCUT2D eigenvalue weighted by Crippen LogP contribution is 2.55. The van der Waals surface area contributed by atoms with Crippen molar-refractivity contribution in [2.75, 3.05) is 45.3 Å². The van der Waals surface area contributed by atoms with Crippen LogP contribution in [0.5, 0.6) is 5.75 Å². The van der Waals surface area contributed by atoms with Gasteiger partial charge in [0.05, 0.1) is 13.2 Å². The van der Waals surface area contributed by atoms with Gasteiger partial charge in [-0.25, -0.2) is 4.39 Å². The van der Waals surface area contributed by atoms with Crippen molar-refractivity contribution < 1.29 is 45.8 Å². The second-order valence-corrected chi connectivity index (χ2v) is 10.5. The zero-order valence-electron chi connectivity index (χ0n) is 23.6. The van der Waals surface area contributed by atoms with Crippen LogP contribution in [0.3, 0.4) is 0 Å². The Kier molecular flexibility index (Phi) is 9.38. The number of alkyl halides is 3. The average molecular weight is 601 g/mol. The van der Waals surface area contributed by atoms with Crippen LogP contribution in [0.15, 0.2) is 30.5 Å². The first kappa shape index (κ1) is 31.6. The lowest BCUT2D eigenvalue weighted by molar-refractivity contribution is -0.272. The highest BCUT2D eigenvalue weighted by Gasteiger charge is 2.66. The minimum absolute atomic E-state index is 0.0432. The predicted molar refractivity (Wildman–Crippen MR) is 141 cm³/mol. The molecule has 14 heteroatoms.